The van der Waals surface area contributed by atoms with Crippen molar-refractivity contribution >= 4 is 12.2 Å². The van der Waals surface area contributed by atoms with Gasteiger partial charge < -0.3 is 11.5 Å². The largest absolute Gasteiger partial charge is 0.369 e. The maximum Gasteiger partial charge on any atom is 0.211 e. The summed E-state index contributed by atoms with van der Waals surface area (Å²) in [5.41, 5.74) is 12.4. The van der Waals surface area contributed by atoms with Crippen molar-refractivity contribution in [1.29, 1.82) is 0 Å². The standard InChI is InChI=1S/C9H12N4/c1-7-3-2-4-8(5-7)6-12-13-9(10)11/h2-6H,1H3,(H4,10,11,13)/b12-6+. The van der Waals surface area contributed by atoms with Gasteiger partial charge in [0.25, 0.3) is 0 Å². The fourth-order valence-corrected chi connectivity index (χ4v) is 0.913. The van der Waals surface area contributed by atoms with Crippen molar-refractivity contribution in [3.05, 3.63) is 35.4 Å². The molecule has 4 N–H and O–H groups in total. The highest BCUT2D eigenvalue weighted by Gasteiger charge is 1.86. The molecule has 1 aromatic carbocycles. The average molecular weight is 176 g/mol. The minimum atomic E-state index is -0.0381. The third-order valence-corrected chi connectivity index (χ3v) is 1.42. The van der Waals surface area contributed by atoms with E-state index in [-0.39, 0.29) is 5.96 Å². The molecule has 13 heavy (non-hydrogen) atoms. The van der Waals surface area contributed by atoms with E-state index in [1.54, 1.807) is 6.21 Å². The smallest absolute Gasteiger partial charge is 0.211 e. The summed E-state index contributed by atoms with van der Waals surface area (Å²) in [6.07, 6.45) is 1.60. The quantitative estimate of drug-likeness (QED) is 0.393. The zero-order chi connectivity index (χ0) is 9.68. The van der Waals surface area contributed by atoms with Gasteiger partial charge in [0.2, 0.25) is 5.96 Å². The van der Waals surface area contributed by atoms with Gasteiger partial charge in [0.05, 0.1) is 6.21 Å². The predicted octanol–water partition coefficient (Wildman–Crippen LogP) is 0.602. The van der Waals surface area contributed by atoms with Crippen LogP contribution in [-0.2, 0) is 0 Å². The molecule has 1 rings (SSSR count). The number of hydrogen-bond acceptors (Lipinski definition) is 2. The normalized spacial score (nSPS) is 10.2. The molecule has 0 unspecified atom stereocenters. The van der Waals surface area contributed by atoms with Crippen molar-refractivity contribution in [3.8, 4) is 0 Å². The van der Waals surface area contributed by atoms with Gasteiger partial charge in [-0.3, -0.25) is 0 Å². The number of rotatable bonds is 2. The van der Waals surface area contributed by atoms with E-state index in [2.05, 4.69) is 10.2 Å². The lowest BCUT2D eigenvalue weighted by Gasteiger charge is -1.92. The molecular weight excluding hydrogens is 164 g/mol. The Morgan fingerprint density at radius 1 is 1.38 bits per heavy atom. The molecular formula is C9H12N4. The lowest BCUT2D eigenvalue weighted by atomic mass is 10.2. The van der Waals surface area contributed by atoms with Crippen LogP contribution >= 0.6 is 0 Å². The highest BCUT2D eigenvalue weighted by Crippen LogP contribution is 2.00. The number of guanidine groups is 1. The number of benzene rings is 1. The van der Waals surface area contributed by atoms with Gasteiger partial charge in [-0.1, -0.05) is 29.8 Å². The average Bonchev–Trinajstić information content (AvgIpc) is 2.03. The minimum absolute atomic E-state index is 0.0381. The molecule has 0 bridgehead atoms. The summed E-state index contributed by atoms with van der Waals surface area (Å²) in [6.45, 7) is 2.01. The first-order valence-electron chi connectivity index (χ1n) is 3.87. The van der Waals surface area contributed by atoms with Crippen molar-refractivity contribution in [2.45, 2.75) is 6.92 Å². The molecule has 4 heteroatoms. The molecule has 68 valence electrons. The molecule has 0 spiro atoms. The van der Waals surface area contributed by atoms with Crippen LogP contribution in [0, 0.1) is 6.92 Å². The second-order valence-corrected chi connectivity index (χ2v) is 2.68. The van der Waals surface area contributed by atoms with E-state index in [1.807, 2.05) is 31.2 Å². The Morgan fingerprint density at radius 3 is 2.77 bits per heavy atom. The van der Waals surface area contributed by atoms with Crippen LogP contribution in [0.15, 0.2) is 34.5 Å². The molecule has 0 amide bonds. The van der Waals surface area contributed by atoms with Gasteiger partial charge in [-0.15, -0.1) is 5.10 Å². The van der Waals surface area contributed by atoms with E-state index >= 15 is 0 Å². The first-order valence-corrected chi connectivity index (χ1v) is 3.87. The molecule has 0 saturated carbocycles. The van der Waals surface area contributed by atoms with E-state index in [1.165, 1.54) is 5.56 Å². The number of hydrogen-bond donors (Lipinski definition) is 2. The Morgan fingerprint density at radius 2 is 2.15 bits per heavy atom. The Bertz CT molecular complexity index is 337. The van der Waals surface area contributed by atoms with Crippen LogP contribution in [0.2, 0.25) is 0 Å². The predicted molar refractivity (Wildman–Crippen MR) is 54.6 cm³/mol. The maximum atomic E-state index is 5.10. The van der Waals surface area contributed by atoms with Crippen LogP contribution in [0.1, 0.15) is 11.1 Å². The number of nitrogens with zero attached hydrogens (tertiary/aromatic N) is 2. The van der Waals surface area contributed by atoms with Gasteiger partial charge in [0, 0.05) is 0 Å². The first kappa shape index (κ1) is 9.25. The molecule has 0 fully saturated rings. The molecule has 0 aliphatic rings. The van der Waals surface area contributed by atoms with Crippen molar-refractivity contribution < 1.29 is 0 Å². The van der Waals surface area contributed by atoms with Gasteiger partial charge in [0.1, 0.15) is 0 Å². The molecule has 0 saturated heterocycles. The summed E-state index contributed by atoms with van der Waals surface area (Å²) < 4.78 is 0. The molecule has 0 aliphatic carbocycles. The highest BCUT2D eigenvalue weighted by atomic mass is 15.3. The van der Waals surface area contributed by atoms with E-state index < -0.39 is 0 Å². The molecule has 0 atom stereocenters. The van der Waals surface area contributed by atoms with E-state index in [0.717, 1.165) is 5.56 Å². The Balaban J connectivity index is 2.75. The summed E-state index contributed by atoms with van der Waals surface area (Å²) in [4.78, 5) is 0. The van der Waals surface area contributed by atoms with Gasteiger partial charge in [-0.05, 0) is 12.5 Å². The SMILES string of the molecule is Cc1cccc(/C=N/N=C(N)N)c1. The Hall–Kier alpha value is -1.84. The van der Waals surface area contributed by atoms with Crippen molar-refractivity contribution in [2.75, 3.05) is 0 Å². The zero-order valence-electron chi connectivity index (χ0n) is 7.44. The number of aryl methyl sites for hydroxylation is 1. The zero-order valence-corrected chi connectivity index (χ0v) is 7.44. The molecule has 0 radical (unpaired) electrons. The summed E-state index contributed by atoms with van der Waals surface area (Å²) in [6, 6.07) is 7.88. The summed E-state index contributed by atoms with van der Waals surface area (Å²) in [5, 5.41) is 7.19. The summed E-state index contributed by atoms with van der Waals surface area (Å²) in [5.74, 6) is -0.0381. The van der Waals surface area contributed by atoms with Crippen molar-refractivity contribution in [1.82, 2.24) is 0 Å². The van der Waals surface area contributed by atoms with Crippen LogP contribution in [0.5, 0.6) is 0 Å². The first-order chi connectivity index (χ1) is 6.18. The molecule has 0 aromatic heterocycles. The topological polar surface area (TPSA) is 76.8 Å². The third-order valence-electron chi connectivity index (χ3n) is 1.42. The van der Waals surface area contributed by atoms with Crippen LogP contribution in [-0.4, -0.2) is 12.2 Å². The fourth-order valence-electron chi connectivity index (χ4n) is 0.913. The van der Waals surface area contributed by atoms with E-state index in [9.17, 15) is 0 Å². The number of nitrogens with two attached hydrogens (primary N) is 2. The van der Waals surface area contributed by atoms with Gasteiger partial charge >= 0.3 is 0 Å². The van der Waals surface area contributed by atoms with Gasteiger partial charge in [0.15, 0.2) is 0 Å². The summed E-state index contributed by atoms with van der Waals surface area (Å²) in [7, 11) is 0. The van der Waals surface area contributed by atoms with Gasteiger partial charge in [-0.25, -0.2) is 0 Å². The lowest BCUT2D eigenvalue weighted by molar-refractivity contribution is 1.21. The Kier molecular flexibility index (Phi) is 3.03. The minimum Gasteiger partial charge on any atom is -0.369 e. The van der Waals surface area contributed by atoms with Crippen LogP contribution in [0.4, 0.5) is 0 Å². The van der Waals surface area contributed by atoms with E-state index in [0.29, 0.717) is 0 Å². The van der Waals surface area contributed by atoms with Crippen molar-refractivity contribution in [3.63, 3.8) is 0 Å². The lowest BCUT2D eigenvalue weighted by Crippen LogP contribution is -2.21. The van der Waals surface area contributed by atoms with Crippen LogP contribution < -0.4 is 11.5 Å². The molecule has 0 heterocycles. The fraction of sp³-hybridized carbons (Fsp3) is 0.111. The molecule has 1 aromatic rings. The van der Waals surface area contributed by atoms with Crippen LogP contribution in [0.25, 0.3) is 0 Å². The second-order valence-electron chi connectivity index (χ2n) is 2.68. The Labute approximate surface area is 77.0 Å². The monoisotopic (exact) mass is 176 g/mol. The van der Waals surface area contributed by atoms with E-state index in [4.69, 9.17) is 11.5 Å². The maximum absolute atomic E-state index is 5.10. The van der Waals surface area contributed by atoms with Crippen LogP contribution in [0.3, 0.4) is 0 Å². The van der Waals surface area contributed by atoms with Gasteiger partial charge in [-0.2, -0.15) is 5.10 Å². The second kappa shape index (κ2) is 4.25. The molecule has 4 nitrogen and oxygen atoms in total. The summed E-state index contributed by atoms with van der Waals surface area (Å²) >= 11 is 0. The van der Waals surface area contributed by atoms with Crippen molar-refractivity contribution in [2.24, 2.45) is 21.7 Å². The highest BCUT2D eigenvalue weighted by molar-refractivity contribution is 5.81. The third kappa shape index (κ3) is 3.37. The molecule has 0 aliphatic heterocycles.